The van der Waals surface area contributed by atoms with Crippen molar-refractivity contribution in [2.45, 2.75) is 38.1 Å². The van der Waals surface area contributed by atoms with E-state index in [2.05, 4.69) is 18.3 Å². The molecule has 1 aliphatic carbocycles. The van der Waals surface area contributed by atoms with Gasteiger partial charge < -0.3 is 5.32 Å². The average Bonchev–Trinajstić information content (AvgIpc) is 1.97. The highest BCUT2D eigenvalue weighted by molar-refractivity contribution is 5.11. The Morgan fingerprint density at radius 3 is 2.36 bits per heavy atom. The van der Waals surface area contributed by atoms with E-state index < -0.39 is 0 Å². The number of nitrogens with one attached hydrogen (secondary N) is 1. The number of rotatable bonds is 3. The topological polar surface area (TPSA) is 35.8 Å². The lowest BCUT2D eigenvalue weighted by Gasteiger charge is -2.39. The molecule has 1 rings (SSSR count). The minimum absolute atomic E-state index is 0.224. The normalized spacial score (nSPS) is 23.4. The first-order valence-electron chi connectivity index (χ1n) is 4.39. The predicted molar refractivity (Wildman–Crippen MR) is 45.0 cm³/mol. The summed E-state index contributed by atoms with van der Waals surface area (Å²) in [7, 11) is 1.89. The van der Waals surface area contributed by atoms with E-state index in [9.17, 15) is 0 Å². The molecule has 2 heteroatoms. The average molecular weight is 152 g/mol. The Morgan fingerprint density at radius 2 is 2.27 bits per heavy atom. The maximum atomic E-state index is 9.00. The monoisotopic (exact) mass is 152 g/mol. The Hall–Kier alpha value is -0.550. The molecule has 0 spiro atoms. The van der Waals surface area contributed by atoms with Crippen LogP contribution in [0.15, 0.2) is 0 Å². The van der Waals surface area contributed by atoms with Gasteiger partial charge in [-0.2, -0.15) is 5.26 Å². The van der Waals surface area contributed by atoms with Crippen molar-refractivity contribution in [2.75, 3.05) is 7.05 Å². The van der Waals surface area contributed by atoms with Crippen molar-refractivity contribution in [2.24, 2.45) is 5.92 Å². The molecule has 0 aliphatic heterocycles. The van der Waals surface area contributed by atoms with E-state index >= 15 is 0 Å². The van der Waals surface area contributed by atoms with Crippen molar-refractivity contribution in [3.05, 3.63) is 0 Å². The van der Waals surface area contributed by atoms with E-state index in [4.69, 9.17) is 5.26 Å². The highest BCUT2D eigenvalue weighted by Gasteiger charge is 2.39. The molecule has 1 aliphatic rings. The standard InChI is InChI=1S/C9H16N2/c1-3-9(7-10,11-2)8-5-4-6-8/h8,11H,3-6H2,1-2H3. The summed E-state index contributed by atoms with van der Waals surface area (Å²) in [6.07, 6.45) is 4.67. The number of hydrogen-bond acceptors (Lipinski definition) is 2. The van der Waals surface area contributed by atoms with Crippen LogP contribution in [0.4, 0.5) is 0 Å². The molecule has 0 aromatic rings. The molecule has 2 nitrogen and oxygen atoms in total. The van der Waals surface area contributed by atoms with E-state index in [1.54, 1.807) is 0 Å². The van der Waals surface area contributed by atoms with Gasteiger partial charge in [0.1, 0.15) is 5.54 Å². The van der Waals surface area contributed by atoms with Gasteiger partial charge in [-0.05, 0) is 32.2 Å². The maximum Gasteiger partial charge on any atom is 0.109 e. The highest BCUT2D eigenvalue weighted by Crippen LogP contribution is 2.37. The fraction of sp³-hybridized carbons (Fsp3) is 0.889. The number of nitriles is 1. The lowest BCUT2D eigenvalue weighted by Crippen LogP contribution is -2.50. The molecule has 0 bridgehead atoms. The molecule has 1 atom stereocenters. The van der Waals surface area contributed by atoms with Crippen LogP contribution in [0.3, 0.4) is 0 Å². The van der Waals surface area contributed by atoms with Crippen molar-refractivity contribution < 1.29 is 0 Å². The summed E-state index contributed by atoms with van der Waals surface area (Å²) >= 11 is 0. The Kier molecular flexibility index (Phi) is 2.51. The first-order chi connectivity index (χ1) is 5.29. The van der Waals surface area contributed by atoms with Gasteiger partial charge in [0.15, 0.2) is 0 Å². The number of nitrogens with zero attached hydrogens (tertiary/aromatic N) is 1. The molecule has 0 aromatic heterocycles. The molecule has 1 saturated carbocycles. The molecular formula is C9H16N2. The van der Waals surface area contributed by atoms with Crippen molar-refractivity contribution in [3.63, 3.8) is 0 Å². The molecule has 11 heavy (non-hydrogen) atoms. The largest absolute Gasteiger partial charge is 0.302 e. The van der Waals surface area contributed by atoms with Gasteiger partial charge in [0.2, 0.25) is 0 Å². The molecule has 1 N–H and O–H groups in total. The van der Waals surface area contributed by atoms with E-state index in [0.717, 1.165) is 6.42 Å². The summed E-state index contributed by atoms with van der Waals surface area (Å²) in [4.78, 5) is 0. The minimum atomic E-state index is -0.224. The van der Waals surface area contributed by atoms with Crippen molar-refractivity contribution in [1.29, 1.82) is 5.26 Å². The Labute approximate surface area is 68.6 Å². The van der Waals surface area contributed by atoms with Crippen molar-refractivity contribution in [3.8, 4) is 6.07 Å². The molecule has 0 saturated heterocycles. The van der Waals surface area contributed by atoms with Crippen molar-refractivity contribution in [1.82, 2.24) is 5.32 Å². The molecule has 0 amide bonds. The van der Waals surface area contributed by atoms with Gasteiger partial charge >= 0.3 is 0 Å². The van der Waals surface area contributed by atoms with E-state index in [1.165, 1.54) is 19.3 Å². The first-order valence-corrected chi connectivity index (χ1v) is 4.39. The zero-order chi connectivity index (χ0) is 8.32. The van der Waals surface area contributed by atoms with Crippen LogP contribution in [0.25, 0.3) is 0 Å². The van der Waals surface area contributed by atoms with Gasteiger partial charge in [-0.3, -0.25) is 0 Å². The molecule has 1 fully saturated rings. The highest BCUT2D eigenvalue weighted by atomic mass is 14.9. The summed E-state index contributed by atoms with van der Waals surface area (Å²) < 4.78 is 0. The van der Waals surface area contributed by atoms with Crippen molar-refractivity contribution >= 4 is 0 Å². The lowest BCUT2D eigenvalue weighted by atomic mass is 9.70. The quantitative estimate of drug-likeness (QED) is 0.667. The van der Waals surface area contributed by atoms with Gasteiger partial charge in [0.25, 0.3) is 0 Å². The molecule has 1 unspecified atom stereocenters. The van der Waals surface area contributed by atoms with Gasteiger partial charge in [0, 0.05) is 0 Å². The summed E-state index contributed by atoms with van der Waals surface area (Å²) in [5, 5.41) is 12.2. The van der Waals surface area contributed by atoms with Gasteiger partial charge in [-0.1, -0.05) is 13.3 Å². The summed E-state index contributed by atoms with van der Waals surface area (Å²) in [6.45, 7) is 2.08. The van der Waals surface area contributed by atoms with E-state index in [0.29, 0.717) is 5.92 Å². The third kappa shape index (κ3) is 1.25. The Bertz CT molecular complexity index is 161. The summed E-state index contributed by atoms with van der Waals surface area (Å²) in [6, 6.07) is 2.41. The van der Waals surface area contributed by atoms with Gasteiger partial charge in [0.05, 0.1) is 6.07 Å². The fourth-order valence-corrected chi connectivity index (χ4v) is 1.80. The first kappa shape index (κ1) is 8.55. The second-order valence-electron chi connectivity index (χ2n) is 3.31. The molecule has 0 aromatic carbocycles. The van der Waals surface area contributed by atoms with Crippen LogP contribution in [0, 0.1) is 17.2 Å². The van der Waals surface area contributed by atoms with Gasteiger partial charge in [-0.15, -0.1) is 0 Å². The van der Waals surface area contributed by atoms with Crippen LogP contribution in [-0.2, 0) is 0 Å². The predicted octanol–water partition coefficient (Wildman–Crippen LogP) is 1.68. The fourth-order valence-electron chi connectivity index (χ4n) is 1.80. The minimum Gasteiger partial charge on any atom is -0.302 e. The van der Waals surface area contributed by atoms with Crippen LogP contribution in [0.1, 0.15) is 32.6 Å². The Balaban J connectivity index is 2.64. The SMILES string of the molecule is CCC(C#N)(NC)C1CCC1. The molecule has 0 radical (unpaired) electrons. The zero-order valence-electron chi connectivity index (χ0n) is 7.35. The molecule has 0 heterocycles. The van der Waals surface area contributed by atoms with Crippen LogP contribution >= 0.6 is 0 Å². The second kappa shape index (κ2) is 3.23. The van der Waals surface area contributed by atoms with Gasteiger partial charge in [-0.25, -0.2) is 0 Å². The van der Waals surface area contributed by atoms with E-state index in [1.807, 2.05) is 7.05 Å². The Morgan fingerprint density at radius 1 is 1.64 bits per heavy atom. The molecule has 62 valence electrons. The summed E-state index contributed by atoms with van der Waals surface area (Å²) in [5.74, 6) is 0.600. The zero-order valence-corrected chi connectivity index (χ0v) is 7.35. The third-order valence-electron chi connectivity index (χ3n) is 3.01. The van der Waals surface area contributed by atoms with Crippen LogP contribution in [-0.4, -0.2) is 12.6 Å². The third-order valence-corrected chi connectivity index (χ3v) is 3.01. The van der Waals surface area contributed by atoms with Crippen LogP contribution in [0.5, 0.6) is 0 Å². The number of hydrogen-bond donors (Lipinski definition) is 1. The van der Waals surface area contributed by atoms with E-state index in [-0.39, 0.29) is 5.54 Å². The van der Waals surface area contributed by atoms with Crippen LogP contribution < -0.4 is 5.32 Å². The summed E-state index contributed by atoms with van der Waals surface area (Å²) in [5.41, 5.74) is -0.224. The lowest BCUT2D eigenvalue weighted by molar-refractivity contribution is 0.178. The molecular weight excluding hydrogens is 136 g/mol. The van der Waals surface area contributed by atoms with Crippen LogP contribution in [0.2, 0.25) is 0 Å². The second-order valence-corrected chi connectivity index (χ2v) is 3.31. The smallest absolute Gasteiger partial charge is 0.109 e. The maximum absolute atomic E-state index is 9.00.